The van der Waals surface area contributed by atoms with Crippen molar-refractivity contribution in [2.24, 2.45) is 0 Å². The van der Waals surface area contributed by atoms with Gasteiger partial charge in [0.25, 0.3) is 0 Å². The van der Waals surface area contributed by atoms with Crippen LogP contribution in [0.3, 0.4) is 0 Å². The van der Waals surface area contributed by atoms with Gasteiger partial charge in [0.05, 0.1) is 10.7 Å². The molecule has 4 heteroatoms. The van der Waals surface area contributed by atoms with Crippen LogP contribution in [0, 0.1) is 10.8 Å². The van der Waals surface area contributed by atoms with E-state index in [0.717, 1.165) is 13.1 Å². The van der Waals surface area contributed by atoms with Crippen molar-refractivity contribution in [2.45, 2.75) is 77.3 Å². The van der Waals surface area contributed by atoms with Crippen molar-refractivity contribution >= 4 is 0 Å². The molecule has 4 nitrogen and oxygen atoms in total. The molecule has 0 bridgehead atoms. The first-order valence-corrected chi connectivity index (χ1v) is 10.2. The highest BCUT2D eigenvalue weighted by Crippen LogP contribution is 2.11. The van der Waals surface area contributed by atoms with Gasteiger partial charge in [-0.05, 0) is 37.1 Å². The number of hydrogen-bond donors (Lipinski definition) is 2. The lowest BCUT2D eigenvalue weighted by Crippen LogP contribution is -2.03. The number of rotatable bonds is 13. The van der Waals surface area contributed by atoms with Crippen LogP contribution in [0.1, 0.15) is 64.2 Å². The smallest absolute Gasteiger partial charge is 0.0568 e. The van der Waals surface area contributed by atoms with Gasteiger partial charge in [-0.25, -0.2) is 0 Å². The van der Waals surface area contributed by atoms with Crippen LogP contribution >= 0.6 is 0 Å². The topological polar surface area (TPSA) is 57.6 Å². The molecule has 0 aliphatic rings. The molecule has 2 aromatic rings. The Morgan fingerprint density at radius 3 is 1.04 bits per heavy atom. The van der Waals surface area contributed by atoms with E-state index in [-0.39, 0.29) is 0 Å². The molecule has 2 N–H and O–H groups in total. The summed E-state index contributed by atoms with van der Waals surface area (Å²) in [5.74, 6) is 0. The zero-order valence-corrected chi connectivity index (χ0v) is 16.0. The number of aromatic nitrogens is 2. The van der Waals surface area contributed by atoms with Crippen LogP contribution in [0.5, 0.6) is 0 Å². The number of pyridine rings is 2. The van der Waals surface area contributed by atoms with E-state index >= 15 is 0 Å². The van der Waals surface area contributed by atoms with E-state index in [0.29, 0.717) is 10.7 Å². The van der Waals surface area contributed by atoms with E-state index in [4.69, 9.17) is 10.8 Å². The van der Waals surface area contributed by atoms with Crippen molar-refractivity contribution in [2.75, 3.05) is 0 Å². The Morgan fingerprint density at radius 2 is 0.731 bits per heavy atom. The van der Waals surface area contributed by atoms with Gasteiger partial charge in [0, 0.05) is 37.9 Å². The molecule has 2 rings (SSSR count). The minimum atomic E-state index is 0.586. The highest BCUT2D eigenvalue weighted by Gasteiger charge is 1.95. The molecule has 2 heterocycles. The van der Waals surface area contributed by atoms with Crippen molar-refractivity contribution < 1.29 is 0 Å². The Hall–Kier alpha value is -2.10. The van der Waals surface area contributed by atoms with Crippen molar-refractivity contribution in [1.82, 2.24) is 9.13 Å². The predicted molar refractivity (Wildman–Crippen MR) is 107 cm³/mol. The van der Waals surface area contributed by atoms with Gasteiger partial charge in [0.1, 0.15) is 0 Å². The third kappa shape index (κ3) is 8.84. The normalized spacial score (nSPS) is 10.9. The SMILES string of the molecule is N=c1ccn(CCCCCCCCCCCCn2ccc(=N)cc2)cc1. The van der Waals surface area contributed by atoms with Gasteiger partial charge in [0.2, 0.25) is 0 Å². The second-order valence-corrected chi connectivity index (χ2v) is 7.18. The Morgan fingerprint density at radius 1 is 0.462 bits per heavy atom. The number of nitrogens with zero attached hydrogens (tertiary/aromatic N) is 2. The van der Waals surface area contributed by atoms with Gasteiger partial charge in [-0.15, -0.1) is 0 Å². The van der Waals surface area contributed by atoms with E-state index in [1.54, 1.807) is 0 Å². The standard InChI is InChI=1S/C22H34N4/c23-21-11-17-25(18-12-21)15-9-7-5-3-1-2-4-6-8-10-16-26-19-13-22(24)14-20-26/h11-14,17-20,23-24H,1-10,15-16H2. The highest BCUT2D eigenvalue weighted by atomic mass is 14.9. The van der Waals surface area contributed by atoms with Crippen molar-refractivity contribution in [1.29, 1.82) is 10.8 Å². The summed E-state index contributed by atoms with van der Waals surface area (Å²) in [5.41, 5.74) is 0. The molecule has 0 saturated heterocycles. The van der Waals surface area contributed by atoms with Crippen LogP contribution in [-0.2, 0) is 13.1 Å². The third-order valence-corrected chi connectivity index (χ3v) is 4.86. The van der Waals surface area contributed by atoms with E-state index in [2.05, 4.69) is 9.13 Å². The fraction of sp³-hybridized carbons (Fsp3) is 0.545. The Bertz CT molecular complexity index is 625. The zero-order chi connectivity index (χ0) is 18.5. The fourth-order valence-corrected chi connectivity index (χ4v) is 3.22. The average Bonchev–Trinajstić information content (AvgIpc) is 2.65. The maximum absolute atomic E-state index is 7.48. The van der Waals surface area contributed by atoms with Gasteiger partial charge >= 0.3 is 0 Å². The van der Waals surface area contributed by atoms with Gasteiger partial charge < -0.3 is 20.0 Å². The van der Waals surface area contributed by atoms with Crippen LogP contribution < -0.4 is 10.7 Å². The lowest BCUT2D eigenvalue weighted by molar-refractivity contribution is 0.521. The number of unbranched alkanes of at least 4 members (excludes halogenated alkanes) is 9. The van der Waals surface area contributed by atoms with Crippen molar-refractivity contribution in [3.05, 3.63) is 59.8 Å². The van der Waals surface area contributed by atoms with E-state index < -0.39 is 0 Å². The number of nitrogens with one attached hydrogen (secondary N) is 2. The molecule has 0 amide bonds. The highest BCUT2D eigenvalue weighted by molar-refractivity contribution is 4.91. The number of hydrogen-bond acceptors (Lipinski definition) is 2. The predicted octanol–water partition coefficient (Wildman–Crippen LogP) is 4.85. The second-order valence-electron chi connectivity index (χ2n) is 7.18. The van der Waals surface area contributed by atoms with Gasteiger partial charge in [0.15, 0.2) is 0 Å². The summed E-state index contributed by atoms with van der Waals surface area (Å²) in [4.78, 5) is 0. The lowest BCUT2D eigenvalue weighted by Gasteiger charge is -2.07. The average molecular weight is 355 g/mol. The Labute approximate surface area is 157 Å². The molecule has 0 aliphatic heterocycles. The first kappa shape index (κ1) is 20.2. The summed E-state index contributed by atoms with van der Waals surface area (Å²) in [6.07, 6.45) is 21.3. The summed E-state index contributed by atoms with van der Waals surface area (Å²) < 4.78 is 4.36. The molecule has 0 saturated carbocycles. The molecule has 0 spiro atoms. The minimum absolute atomic E-state index is 0.586. The van der Waals surface area contributed by atoms with Crippen LogP contribution in [0.15, 0.2) is 49.1 Å². The summed E-state index contributed by atoms with van der Waals surface area (Å²) in [6.45, 7) is 2.14. The summed E-state index contributed by atoms with van der Waals surface area (Å²) in [7, 11) is 0. The van der Waals surface area contributed by atoms with Gasteiger partial charge in [-0.1, -0.05) is 51.4 Å². The first-order valence-electron chi connectivity index (χ1n) is 10.2. The quantitative estimate of drug-likeness (QED) is 0.483. The van der Waals surface area contributed by atoms with Crippen LogP contribution in [-0.4, -0.2) is 9.13 Å². The van der Waals surface area contributed by atoms with E-state index in [1.807, 2.05) is 49.1 Å². The zero-order valence-electron chi connectivity index (χ0n) is 16.0. The molecule has 0 atom stereocenters. The van der Waals surface area contributed by atoms with Crippen molar-refractivity contribution in [3.8, 4) is 0 Å². The monoisotopic (exact) mass is 354 g/mol. The van der Waals surface area contributed by atoms with E-state index in [1.165, 1.54) is 64.2 Å². The van der Waals surface area contributed by atoms with Crippen LogP contribution in [0.2, 0.25) is 0 Å². The van der Waals surface area contributed by atoms with Crippen LogP contribution in [0.4, 0.5) is 0 Å². The molecule has 142 valence electrons. The molecule has 0 aromatic carbocycles. The fourth-order valence-electron chi connectivity index (χ4n) is 3.22. The van der Waals surface area contributed by atoms with Crippen LogP contribution in [0.25, 0.3) is 0 Å². The lowest BCUT2D eigenvalue weighted by atomic mass is 10.1. The second kappa shape index (κ2) is 12.3. The Kier molecular flexibility index (Phi) is 9.55. The molecule has 0 radical (unpaired) electrons. The van der Waals surface area contributed by atoms with Gasteiger partial charge in [-0.2, -0.15) is 0 Å². The minimum Gasteiger partial charge on any atom is -0.354 e. The number of aryl methyl sites for hydroxylation is 2. The van der Waals surface area contributed by atoms with Crippen molar-refractivity contribution in [3.63, 3.8) is 0 Å². The largest absolute Gasteiger partial charge is 0.354 e. The Balaban J connectivity index is 1.35. The molecular weight excluding hydrogens is 320 g/mol. The maximum atomic E-state index is 7.48. The molecule has 0 fully saturated rings. The molecule has 0 unspecified atom stereocenters. The van der Waals surface area contributed by atoms with Gasteiger partial charge in [-0.3, -0.25) is 0 Å². The third-order valence-electron chi connectivity index (χ3n) is 4.86. The molecule has 26 heavy (non-hydrogen) atoms. The summed E-state index contributed by atoms with van der Waals surface area (Å²) in [5, 5.41) is 16.1. The summed E-state index contributed by atoms with van der Waals surface area (Å²) >= 11 is 0. The molecule has 2 aromatic heterocycles. The van der Waals surface area contributed by atoms with E-state index in [9.17, 15) is 0 Å². The summed E-state index contributed by atoms with van der Waals surface area (Å²) in [6, 6.07) is 7.41. The maximum Gasteiger partial charge on any atom is 0.0568 e. The molecule has 0 aliphatic carbocycles. The first-order chi connectivity index (χ1) is 12.7. The molecular formula is C22H34N4.